The predicted octanol–water partition coefficient (Wildman–Crippen LogP) is 2.44. The first-order valence-corrected chi connectivity index (χ1v) is 8.12. The van der Waals surface area contributed by atoms with Gasteiger partial charge in [0.15, 0.2) is 0 Å². The smallest absolute Gasteiger partial charge is 0.255 e. The third kappa shape index (κ3) is 3.16. The van der Waals surface area contributed by atoms with E-state index < -0.39 is 0 Å². The van der Waals surface area contributed by atoms with Crippen molar-refractivity contribution in [1.82, 2.24) is 19.7 Å². The maximum atomic E-state index is 12.4. The minimum Gasteiger partial charge on any atom is -0.381 e. The Balaban J connectivity index is 1.41. The second-order valence-electron chi connectivity index (χ2n) is 6.10. The molecule has 1 amide bonds. The molecule has 1 aliphatic rings. The number of nitrogens with one attached hydrogen (secondary N) is 2. The van der Waals surface area contributed by atoms with E-state index in [0.29, 0.717) is 17.2 Å². The zero-order valence-corrected chi connectivity index (χ0v) is 13.2. The van der Waals surface area contributed by atoms with E-state index in [1.54, 1.807) is 24.7 Å². The van der Waals surface area contributed by atoms with Gasteiger partial charge in [-0.15, -0.1) is 0 Å². The van der Waals surface area contributed by atoms with Crippen molar-refractivity contribution in [2.45, 2.75) is 19.4 Å². The summed E-state index contributed by atoms with van der Waals surface area (Å²) in [5.41, 5.74) is 2.98. The normalized spacial score (nSPS) is 15.7. The summed E-state index contributed by atoms with van der Waals surface area (Å²) in [6.45, 7) is 2.51. The van der Waals surface area contributed by atoms with Crippen LogP contribution in [-0.4, -0.2) is 38.9 Å². The van der Waals surface area contributed by atoms with E-state index in [1.165, 1.54) is 0 Å². The monoisotopic (exact) mass is 325 g/mol. The molecule has 3 heterocycles. The van der Waals surface area contributed by atoms with Crippen LogP contribution in [0.4, 0.5) is 5.69 Å². The molecule has 2 N–H and O–H groups in total. The Labute approximate surface area is 139 Å². The van der Waals surface area contributed by atoms with Gasteiger partial charge in [0.1, 0.15) is 0 Å². The van der Waals surface area contributed by atoms with Crippen molar-refractivity contribution in [3.8, 4) is 0 Å². The summed E-state index contributed by atoms with van der Waals surface area (Å²) in [7, 11) is 0. The first-order chi connectivity index (χ1) is 11.8. The van der Waals surface area contributed by atoms with E-state index in [1.807, 2.05) is 16.9 Å². The molecule has 124 valence electrons. The maximum Gasteiger partial charge on any atom is 0.255 e. The predicted molar refractivity (Wildman–Crippen MR) is 89.8 cm³/mol. The highest BCUT2D eigenvalue weighted by Crippen LogP contribution is 2.18. The van der Waals surface area contributed by atoms with E-state index >= 15 is 0 Å². The number of fused-ring (bicyclic) bond motifs is 1. The Hall–Kier alpha value is -2.67. The molecule has 24 heavy (non-hydrogen) atoms. The zero-order chi connectivity index (χ0) is 16.4. The number of amides is 1. The molecule has 7 nitrogen and oxygen atoms in total. The van der Waals surface area contributed by atoms with Gasteiger partial charge >= 0.3 is 0 Å². The molecule has 0 saturated carbocycles. The number of aromatic amines is 1. The van der Waals surface area contributed by atoms with Gasteiger partial charge in [-0.1, -0.05) is 0 Å². The van der Waals surface area contributed by atoms with Crippen molar-refractivity contribution in [2.24, 2.45) is 5.92 Å². The first-order valence-electron chi connectivity index (χ1n) is 8.12. The molecule has 3 aromatic rings. The molecule has 0 unspecified atom stereocenters. The van der Waals surface area contributed by atoms with Crippen LogP contribution in [0.3, 0.4) is 0 Å². The van der Waals surface area contributed by atoms with Crippen LogP contribution in [0.25, 0.3) is 11.0 Å². The number of carbonyl (C=O) groups excluding carboxylic acids is 1. The Bertz CT molecular complexity index is 847. The highest BCUT2D eigenvalue weighted by atomic mass is 16.5. The standard InChI is InChI=1S/C17H19N5O2/c23-17(13-1-2-15-16(7-13)19-11-18-15)21-14-8-20-22(10-14)9-12-3-5-24-6-4-12/h1-2,7-8,10-12H,3-6,9H2,(H,18,19)(H,21,23). The molecule has 2 aromatic heterocycles. The second kappa shape index (κ2) is 6.45. The van der Waals surface area contributed by atoms with Crippen molar-refractivity contribution in [1.29, 1.82) is 0 Å². The van der Waals surface area contributed by atoms with E-state index in [0.717, 1.165) is 43.6 Å². The van der Waals surface area contributed by atoms with Crippen LogP contribution in [0.15, 0.2) is 36.9 Å². The maximum absolute atomic E-state index is 12.4. The molecule has 0 spiro atoms. The number of nitrogens with zero attached hydrogens (tertiary/aromatic N) is 3. The van der Waals surface area contributed by atoms with Gasteiger partial charge in [0.2, 0.25) is 0 Å². The van der Waals surface area contributed by atoms with Gasteiger partial charge in [-0.25, -0.2) is 4.98 Å². The summed E-state index contributed by atoms with van der Waals surface area (Å²) in [6, 6.07) is 5.39. The van der Waals surface area contributed by atoms with Crippen LogP contribution in [-0.2, 0) is 11.3 Å². The molecule has 0 bridgehead atoms. The molecule has 1 saturated heterocycles. The lowest BCUT2D eigenvalue weighted by molar-refractivity contribution is 0.0601. The van der Waals surface area contributed by atoms with Gasteiger partial charge in [-0.3, -0.25) is 9.48 Å². The van der Waals surface area contributed by atoms with Crippen LogP contribution in [0.1, 0.15) is 23.2 Å². The summed E-state index contributed by atoms with van der Waals surface area (Å²) >= 11 is 0. The average Bonchev–Trinajstić information content (AvgIpc) is 3.24. The third-order valence-electron chi connectivity index (χ3n) is 4.36. The molecule has 0 radical (unpaired) electrons. The number of hydrogen-bond acceptors (Lipinski definition) is 4. The van der Waals surface area contributed by atoms with Gasteiger partial charge in [0.25, 0.3) is 5.91 Å². The van der Waals surface area contributed by atoms with Gasteiger partial charge in [-0.2, -0.15) is 5.10 Å². The Morgan fingerprint density at radius 3 is 3.12 bits per heavy atom. The fraction of sp³-hybridized carbons (Fsp3) is 0.353. The Morgan fingerprint density at radius 2 is 2.25 bits per heavy atom. The van der Waals surface area contributed by atoms with Crippen molar-refractivity contribution in [3.05, 3.63) is 42.5 Å². The molecule has 1 aromatic carbocycles. The van der Waals surface area contributed by atoms with Crippen molar-refractivity contribution >= 4 is 22.6 Å². The molecular weight excluding hydrogens is 306 g/mol. The molecule has 1 fully saturated rings. The Kier molecular flexibility index (Phi) is 4.00. The third-order valence-corrected chi connectivity index (χ3v) is 4.36. The molecule has 4 rings (SSSR count). The topological polar surface area (TPSA) is 84.8 Å². The number of rotatable bonds is 4. The number of benzene rings is 1. The van der Waals surface area contributed by atoms with E-state index in [2.05, 4.69) is 20.4 Å². The van der Waals surface area contributed by atoms with E-state index in [4.69, 9.17) is 4.74 Å². The minimum absolute atomic E-state index is 0.155. The molecule has 7 heteroatoms. The van der Waals surface area contributed by atoms with E-state index in [-0.39, 0.29) is 5.91 Å². The van der Waals surface area contributed by atoms with Gasteiger partial charge in [0, 0.05) is 31.5 Å². The van der Waals surface area contributed by atoms with Crippen molar-refractivity contribution < 1.29 is 9.53 Å². The number of H-pyrrole nitrogens is 1. The number of ether oxygens (including phenoxy) is 1. The molecular formula is C17H19N5O2. The van der Waals surface area contributed by atoms with Crippen molar-refractivity contribution in [3.63, 3.8) is 0 Å². The Morgan fingerprint density at radius 1 is 1.38 bits per heavy atom. The largest absolute Gasteiger partial charge is 0.381 e. The summed E-state index contributed by atoms with van der Waals surface area (Å²) in [5.74, 6) is 0.433. The van der Waals surface area contributed by atoms with Crippen LogP contribution < -0.4 is 5.32 Å². The summed E-state index contributed by atoms with van der Waals surface area (Å²) in [4.78, 5) is 19.5. The SMILES string of the molecule is O=C(Nc1cnn(CC2CCOCC2)c1)c1ccc2nc[nH]c2c1. The van der Waals surface area contributed by atoms with Gasteiger partial charge < -0.3 is 15.0 Å². The van der Waals surface area contributed by atoms with Crippen LogP contribution in [0.2, 0.25) is 0 Å². The van der Waals surface area contributed by atoms with Gasteiger partial charge in [-0.05, 0) is 37.0 Å². The fourth-order valence-corrected chi connectivity index (χ4v) is 3.00. The van der Waals surface area contributed by atoms with Crippen LogP contribution in [0.5, 0.6) is 0 Å². The molecule has 0 atom stereocenters. The highest BCUT2D eigenvalue weighted by Gasteiger charge is 2.15. The highest BCUT2D eigenvalue weighted by molar-refractivity contribution is 6.05. The molecule has 0 aliphatic carbocycles. The van der Waals surface area contributed by atoms with Gasteiger partial charge in [0.05, 0.1) is 29.2 Å². The molecule has 1 aliphatic heterocycles. The number of imidazole rings is 1. The number of anilines is 1. The van der Waals surface area contributed by atoms with E-state index in [9.17, 15) is 4.79 Å². The van der Waals surface area contributed by atoms with Crippen LogP contribution in [0, 0.1) is 5.92 Å². The fourth-order valence-electron chi connectivity index (χ4n) is 3.00. The number of aromatic nitrogens is 4. The zero-order valence-electron chi connectivity index (χ0n) is 13.2. The average molecular weight is 325 g/mol. The number of carbonyl (C=O) groups is 1. The lowest BCUT2D eigenvalue weighted by atomic mass is 10.0. The summed E-state index contributed by atoms with van der Waals surface area (Å²) in [5, 5.41) is 7.24. The minimum atomic E-state index is -0.155. The quantitative estimate of drug-likeness (QED) is 0.771. The van der Waals surface area contributed by atoms with Crippen molar-refractivity contribution in [2.75, 3.05) is 18.5 Å². The summed E-state index contributed by atoms with van der Waals surface area (Å²) in [6.07, 6.45) is 7.30. The second-order valence-corrected chi connectivity index (χ2v) is 6.10. The lowest BCUT2D eigenvalue weighted by Gasteiger charge is -2.21. The lowest BCUT2D eigenvalue weighted by Crippen LogP contribution is -2.20. The summed E-state index contributed by atoms with van der Waals surface area (Å²) < 4.78 is 7.27. The first kappa shape index (κ1) is 14.9. The van der Waals surface area contributed by atoms with Crippen LogP contribution >= 0.6 is 0 Å². The number of hydrogen-bond donors (Lipinski definition) is 2.